The number of fused-ring (bicyclic) bond motifs is 1. The normalized spacial score (nSPS) is 19.2. The van der Waals surface area contributed by atoms with Gasteiger partial charge >= 0.3 is 0 Å². The third kappa shape index (κ3) is 4.52. The number of aromatic nitrogens is 5. The van der Waals surface area contributed by atoms with Gasteiger partial charge in [0.1, 0.15) is 23.3 Å². The zero-order chi connectivity index (χ0) is 28.3. The molecule has 0 bridgehead atoms. The molecule has 210 valence electrons. The second-order valence-electron chi connectivity index (χ2n) is 11.3. The summed E-state index contributed by atoms with van der Waals surface area (Å²) < 4.78 is 24.9. The highest BCUT2D eigenvalue weighted by molar-refractivity contribution is 6.01. The van der Waals surface area contributed by atoms with Crippen LogP contribution >= 0.6 is 0 Å². The number of aryl methyl sites for hydroxylation is 2. The number of nitrogens with one attached hydrogen (secondary N) is 3. The molecule has 2 amide bonds. The molecule has 12 heteroatoms. The molecule has 2 aliphatic carbocycles. The van der Waals surface area contributed by atoms with Crippen LogP contribution in [0.5, 0.6) is 5.75 Å². The van der Waals surface area contributed by atoms with Gasteiger partial charge in [0.15, 0.2) is 5.69 Å². The fourth-order valence-corrected chi connectivity index (χ4v) is 5.93. The first-order valence-electron chi connectivity index (χ1n) is 13.7. The maximum Gasteiger partial charge on any atom is 0.276 e. The molecule has 1 aliphatic heterocycles. The Balaban J connectivity index is 1.22. The van der Waals surface area contributed by atoms with Gasteiger partial charge in [-0.15, -0.1) is 0 Å². The van der Waals surface area contributed by atoms with Gasteiger partial charge in [0, 0.05) is 40.1 Å². The number of benzene rings is 1. The Morgan fingerprint density at radius 1 is 1.15 bits per heavy atom. The number of nitrogens with zero attached hydrogens (tertiary/aromatic N) is 4. The number of amides is 2. The molecule has 4 aromatic rings. The van der Waals surface area contributed by atoms with E-state index in [0.717, 1.165) is 48.3 Å². The molecule has 0 saturated heterocycles. The summed E-state index contributed by atoms with van der Waals surface area (Å²) >= 11 is 0. The molecule has 41 heavy (non-hydrogen) atoms. The Morgan fingerprint density at radius 2 is 1.98 bits per heavy atom. The number of anilines is 1. The largest absolute Gasteiger partial charge is 0.493 e. The molecular weight excluding hydrogens is 529 g/mol. The van der Waals surface area contributed by atoms with Crippen molar-refractivity contribution >= 4 is 17.5 Å². The Kier molecular flexibility index (Phi) is 5.87. The first kappa shape index (κ1) is 25.4. The number of hydrogen-bond donors (Lipinski definition) is 3. The van der Waals surface area contributed by atoms with Crippen molar-refractivity contribution in [2.75, 3.05) is 11.9 Å². The standard InChI is InChI=1S/C29H28FN7O4/c1-14-22(15(2)35-34-14)20-8-6-18(12-31-20)32-27(38)25(33-28(39)26-24(16-3-4-16)36-41-37-26)23-19-7-5-17(30)11-21(19)40-13-29(23)9-10-29/h5-8,11-12,16,23,25H,3-4,9-10,13H2,1-2H3,(H,32,38)(H,33,39)(H,34,35)/t23?,25-/m0/s1. The summed E-state index contributed by atoms with van der Waals surface area (Å²) in [7, 11) is 0. The number of rotatable bonds is 7. The van der Waals surface area contributed by atoms with Crippen LogP contribution < -0.4 is 15.4 Å². The molecule has 1 spiro atoms. The predicted octanol–water partition coefficient (Wildman–Crippen LogP) is 4.18. The van der Waals surface area contributed by atoms with Gasteiger partial charge in [-0.05, 0) is 62.9 Å². The van der Waals surface area contributed by atoms with E-state index in [2.05, 4.69) is 36.1 Å². The van der Waals surface area contributed by atoms with E-state index < -0.39 is 29.6 Å². The summed E-state index contributed by atoms with van der Waals surface area (Å²) in [6.45, 7) is 4.14. The molecule has 0 radical (unpaired) electrons. The van der Waals surface area contributed by atoms with Crippen molar-refractivity contribution in [2.24, 2.45) is 5.41 Å². The van der Waals surface area contributed by atoms with E-state index in [4.69, 9.17) is 9.37 Å². The number of ether oxygens (including phenoxy) is 1. The molecule has 2 fully saturated rings. The highest BCUT2D eigenvalue weighted by atomic mass is 19.1. The topological polar surface area (TPSA) is 148 Å². The van der Waals surface area contributed by atoms with Crippen LogP contribution in [-0.4, -0.2) is 50.0 Å². The fraction of sp³-hybridized carbons (Fsp3) is 0.379. The Morgan fingerprint density at radius 3 is 2.66 bits per heavy atom. The van der Waals surface area contributed by atoms with Crippen LogP contribution in [0.25, 0.3) is 11.3 Å². The monoisotopic (exact) mass is 557 g/mol. The summed E-state index contributed by atoms with van der Waals surface area (Å²) in [6.07, 6.45) is 5.01. The third-order valence-corrected chi connectivity index (χ3v) is 8.39. The van der Waals surface area contributed by atoms with Crippen LogP contribution in [0.4, 0.5) is 10.1 Å². The van der Waals surface area contributed by atoms with E-state index in [-0.39, 0.29) is 17.0 Å². The first-order chi connectivity index (χ1) is 19.8. The molecule has 3 aromatic heterocycles. The number of halogens is 1. The lowest BCUT2D eigenvalue weighted by Crippen LogP contribution is -2.52. The van der Waals surface area contributed by atoms with Gasteiger partial charge in [-0.2, -0.15) is 5.10 Å². The van der Waals surface area contributed by atoms with E-state index in [0.29, 0.717) is 29.3 Å². The van der Waals surface area contributed by atoms with Crippen LogP contribution in [0.15, 0.2) is 41.2 Å². The van der Waals surface area contributed by atoms with Crippen molar-refractivity contribution in [3.8, 4) is 17.0 Å². The molecule has 3 aliphatic rings. The molecule has 11 nitrogen and oxygen atoms in total. The van der Waals surface area contributed by atoms with E-state index in [1.807, 2.05) is 19.9 Å². The molecule has 4 heterocycles. The molecular formula is C29H28FN7O4. The van der Waals surface area contributed by atoms with Crippen molar-refractivity contribution in [3.63, 3.8) is 0 Å². The Labute approximate surface area is 234 Å². The minimum Gasteiger partial charge on any atom is -0.493 e. The lowest BCUT2D eigenvalue weighted by atomic mass is 9.76. The van der Waals surface area contributed by atoms with Crippen molar-refractivity contribution < 1.29 is 23.3 Å². The van der Waals surface area contributed by atoms with Gasteiger partial charge in [-0.25, -0.2) is 9.02 Å². The van der Waals surface area contributed by atoms with Crippen LogP contribution in [0.3, 0.4) is 0 Å². The van der Waals surface area contributed by atoms with Crippen LogP contribution in [0.2, 0.25) is 0 Å². The van der Waals surface area contributed by atoms with Gasteiger partial charge in [0.25, 0.3) is 5.91 Å². The van der Waals surface area contributed by atoms with E-state index >= 15 is 0 Å². The molecule has 2 atom stereocenters. The van der Waals surface area contributed by atoms with Crippen LogP contribution in [0.1, 0.15) is 70.7 Å². The lowest BCUT2D eigenvalue weighted by Gasteiger charge is -2.38. The van der Waals surface area contributed by atoms with Crippen molar-refractivity contribution in [2.45, 2.75) is 57.4 Å². The number of carbonyl (C=O) groups is 2. The van der Waals surface area contributed by atoms with E-state index in [9.17, 15) is 14.0 Å². The van der Waals surface area contributed by atoms with Crippen LogP contribution in [0, 0.1) is 25.1 Å². The van der Waals surface area contributed by atoms with Crippen molar-refractivity contribution in [3.05, 3.63) is 70.7 Å². The van der Waals surface area contributed by atoms with Crippen LogP contribution in [-0.2, 0) is 4.79 Å². The summed E-state index contributed by atoms with van der Waals surface area (Å²) in [6, 6.07) is 6.87. The second-order valence-corrected chi connectivity index (χ2v) is 11.3. The smallest absolute Gasteiger partial charge is 0.276 e. The number of carbonyl (C=O) groups excluding carboxylic acids is 2. The summed E-state index contributed by atoms with van der Waals surface area (Å²) in [5, 5.41) is 20.8. The minimum absolute atomic E-state index is 0.0819. The highest BCUT2D eigenvalue weighted by Gasteiger charge is 2.58. The van der Waals surface area contributed by atoms with Gasteiger partial charge in [-0.3, -0.25) is 19.7 Å². The predicted molar refractivity (Wildman–Crippen MR) is 144 cm³/mol. The lowest BCUT2D eigenvalue weighted by molar-refractivity contribution is -0.119. The van der Waals surface area contributed by atoms with Crippen molar-refractivity contribution in [1.29, 1.82) is 0 Å². The molecule has 7 rings (SSSR count). The number of pyridine rings is 1. The van der Waals surface area contributed by atoms with Crippen molar-refractivity contribution in [1.82, 2.24) is 30.8 Å². The number of aromatic amines is 1. The fourth-order valence-electron chi connectivity index (χ4n) is 5.93. The molecule has 2 saturated carbocycles. The zero-order valence-corrected chi connectivity index (χ0v) is 22.5. The van der Waals surface area contributed by atoms with Gasteiger partial charge < -0.3 is 15.4 Å². The summed E-state index contributed by atoms with van der Waals surface area (Å²) in [4.78, 5) is 32.1. The average molecular weight is 558 g/mol. The van der Waals surface area contributed by atoms with Gasteiger partial charge in [0.05, 0.1) is 29.9 Å². The summed E-state index contributed by atoms with van der Waals surface area (Å²) in [5.74, 6) is -1.36. The molecule has 1 aromatic carbocycles. The highest BCUT2D eigenvalue weighted by Crippen LogP contribution is 2.61. The maximum absolute atomic E-state index is 14.1. The number of H-pyrrole nitrogens is 1. The van der Waals surface area contributed by atoms with Gasteiger partial charge in [0.2, 0.25) is 5.91 Å². The third-order valence-electron chi connectivity index (χ3n) is 8.39. The SMILES string of the molecule is Cc1n[nH]c(C)c1-c1ccc(NC(=O)[C@@H](NC(=O)c2nonc2C2CC2)C2c3ccc(F)cc3OCC23CC3)cn1. The average Bonchev–Trinajstić information content (AvgIpc) is 3.88. The molecule has 1 unspecified atom stereocenters. The molecule has 3 N–H and O–H groups in total. The second kappa shape index (κ2) is 9.50. The maximum atomic E-state index is 14.1. The van der Waals surface area contributed by atoms with E-state index in [1.165, 1.54) is 12.1 Å². The Hall–Kier alpha value is -4.61. The minimum atomic E-state index is -1.01. The quantitative estimate of drug-likeness (QED) is 0.307. The number of hydrogen-bond acceptors (Lipinski definition) is 8. The van der Waals surface area contributed by atoms with E-state index in [1.54, 1.807) is 18.3 Å². The Bertz CT molecular complexity index is 1640. The zero-order valence-electron chi connectivity index (χ0n) is 22.5. The first-order valence-corrected chi connectivity index (χ1v) is 13.7. The van der Waals surface area contributed by atoms with Gasteiger partial charge in [-0.1, -0.05) is 11.2 Å². The summed E-state index contributed by atoms with van der Waals surface area (Å²) in [5.41, 5.74) is 4.71.